The number of hydrogen-bond acceptors (Lipinski definition) is 4. The van der Waals surface area contributed by atoms with Crippen LogP contribution in [0.5, 0.6) is 0 Å². The van der Waals surface area contributed by atoms with Gasteiger partial charge in [-0.1, -0.05) is 18.2 Å². The number of fused-ring (bicyclic) bond motifs is 1. The maximum absolute atomic E-state index is 12.6. The first-order chi connectivity index (χ1) is 11.3. The number of aliphatic hydroxyl groups is 1. The molecule has 0 unspecified atom stereocenters. The summed E-state index contributed by atoms with van der Waals surface area (Å²) in [5, 5.41) is 13.1. The van der Waals surface area contributed by atoms with E-state index in [0.29, 0.717) is 5.82 Å². The van der Waals surface area contributed by atoms with Crippen molar-refractivity contribution in [3.8, 4) is 0 Å². The van der Waals surface area contributed by atoms with Crippen LogP contribution in [0, 0.1) is 0 Å². The molecule has 1 aromatic heterocycles. The number of amides is 1. The molecule has 2 heterocycles. The summed E-state index contributed by atoms with van der Waals surface area (Å²) in [6.07, 6.45) is 1.74. The van der Waals surface area contributed by atoms with Crippen molar-refractivity contribution in [3.63, 3.8) is 0 Å². The SMILES string of the molecule is CN1C(C(=O)Nc2cccc[n+]2C)=C(O)c2ccccc2S1(=O)=O.[I-]. The molecule has 0 radical (unpaired) electrons. The molecule has 2 N–H and O–H groups in total. The highest BCUT2D eigenvalue weighted by atomic mass is 127. The van der Waals surface area contributed by atoms with Crippen molar-refractivity contribution in [1.82, 2.24) is 4.31 Å². The third-order valence-corrected chi connectivity index (χ3v) is 5.65. The van der Waals surface area contributed by atoms with Crippen LogP contribution in [-0.2, 0) is 21.9 Å². The molecule has 0 fully saturated rings. The van der Waals surface area contributed by atoms with Gasteiger partial charge in [-0.15, -0.1) is 0 Å². The molecule has 2 aromatic rings. The van der Waals surface area contributed by atoms with E-state index < -0.39 is 15.9 Å². The van der Waals surface area contributed by atoms with E-state index in [4.69, 9.17) is 0 Å². The molecular formula is C16H16IN3O4S. The van der Waals surface area contributed by atoms with Crippen LogP contribution in [0.25, 0.3) is 5.76 Å². The van der Waals surface area contributed by atoms with E-state index >= 15 is 0 Å². The number of hydrogen-bond donors (Lipinski definition) is 2. The Hall–Kier alpha value is -2.14. The van der Waals surface area contributed by atoms with Gasteiger partial charge in [-0.05, 0) is 18.2 Å². The van der Waals surface area contributed by atoms with E-state index in [2.05, 4.69) is 5.32 Å². The van der Waals surface area contributed by atoms with Crippen LogP contribution >= 0.6 is 0 Å². The number of anilines is 1. The zero-order chi connectivity index (χ0) is 17.5. The molecule has 25 heavy (non-hydrogen) atoms. The second kappa shape index (κ2) is 7.00. The molecule has 1 aromatic carbocycles. The maximum Gasteiger partial charge on any atom is 0.360 e. The highest BCUT2D eigenvalue weighted by Gasteiger charge is 2.39. The second-order valence-corrected chi connectivity index (χ2v) is 7.25. The van der Waals surface area contributed by atoms with Crippen molar-refractivity contribution in [2.75, 3.05) is 12.4 Å². The number of carbonyl (C=O) groups excluding carboxylic acids is 1. The Bertz CT molecular complexity index is 973. The molecule has 0 saturated heterocycles. The Balaban J connectivity index is 0.00000225. The summed E-state index contributed by atoms with van der Waals surface area (Å²) < 4.78 is 27.6. The molecule has 9 heteroatoms. The predicted molar refractivity (Wildman–Crippen MR) is 87.2 cm³/mol. The summed E-state index contributed by atoms with van der Waals surface area (Å²) in [6.45, 7) is 0. The van der Waals surface area contributed by atoms with Crippen LogP contribution in [0.15, 0.2) is 59.3 Å². The Morgan fingerprint density at radius 1 is 1.16 bits per heavy atom. The minimum Gasteiger partial charge on any atom is -1.00 e. The van der Waals surface area contributed by atoms with Crippen molar-refractivity contribution in [2.45, 2.75) is 4.90 Å². The molecule has 7 nitrogen and oxygen atoms in total. The molecule has 3 rings (SSSR count). The first-order valence-electron chi connectivity index (χ1n) is 7.11. The molecule has 1 aliphatic rings. The summed E-state index contributed by atoms with van der Waals surface area (Å²) in [5.74, 6) is -0.624. The minimum absolute atomic E-state index is 0. The number of sulfonamides is 1. The smallest absolute Gasteiger partial charge is 0.360 e. The zero-order valence-electron chi connectivity index (χ0n) is 13.5. The third kappa shape index (κ3) is 3.21. The largest absolute Gasteiger partial charge is 1.00 e. The van der Waals surface area contributed by atoms with Crippen molar-refractivity contribution < 1.29 is 46.9 Å². The first kappa shape index (κ1) is 19.2. The molecule has 0 saturated carbocycles. The van der Waals surface area contributed by atoms with Crippen molar-refractivity contribution in [2.24, 2.45) is 7.05 Å². The van der Waals surface area contributed by atoms with Gasteiger partial charge in [0.1, 0.15) is 0 Å². The van der Waals surface area contributed by atoms with Crippen LogP contribution in [-0.4, -0.2) is 30.8 Å². The number of benzene rings is 1. The van der Waals surface area contributed by atoms with E-state index in [1.165, 1.54) is 19.2 Å². The topological polar surface area (TPSA) is 90.6 Å². The summed E-state index contributed by atoms with van der Waals surface area (Å²) >= 11 is 0. The van der Waals surface area contributed by atoms with Crippen LogP contribution in [0.1, 0.15) is 5.56 Å². The van der Waals surface area contributed by atoms with Crippen LogP contribution in [0.3, 0.4) is 0 Å². The highest BCUT2D eigenvalue weighted by Crippen LogP contribution is 2.34. The normalized spacial score (nSPS) is 15.2. The standard InChI is InChI=1S/C16H15N3O4S.HI/c1-18-10-6-5-9-13(18)17-16(21)14-15(20)11-7-3-4-8-12(11)24(22,23)19(14)2;/h3-10H,1-2H3,(H,20,21);1H. The predicted octanol–water partition coefficient (Wildman–Crippen LogP) is -1.99. The summed E-state index contributed by atoms with van der Waals surface area (Å²) in [7, 11) is -0.928. The van der Waals surface area contributed by atoms with Crippen LogP contribution in [0.4, 0.5) is 5.82 Å². The van der Waals surface area contributed by atoms with E-state index in [0.717, 1.165) is 4.31 Å². The van der Waals surface area contributed by atoms with Crippen molar-refractivity contribution in [1.29, 1.82) is 0 Å². The molecule has 0 aliphatic carbocycles. The summed E-state index contributed by atoms with van der Waals surface area (Å²) in [5.41, 5.74) is -0.212. The fourth-order valence-electron chi connectivity index (χ4n) is 2.51. The average molecular weight is 473 g/mol. The number of rotatable bonds is 2. The Kier molecular flexibility index (Phi) is 5.37. The first-order valence-corrected chi connectivity index (χ1v) is 8.55. The van der Waals surface area contributed by atoms with Gasteiger partial charge < -0.3 is 29.1 Å². The van der Waals surface area contributed by atoms with Gasteiger partial charge in [-0.2, -0.15) is 0 Å². The number of aliphatic hydroxyl groups excluding tert-OH is 1. The van der Waals surface area contributed by atoms with Gasteiger partial charge >= 0.3 is 5.91 Å². The molecule has 132 valence electrons. The van der Waals surface area contributed by atoms with Gasteiger partial charge in [0.15, 0.2) is 11.5 Å². The number of aryl methyl sites for hydroxylation is 1. The summed E-state index contributed by atoms with van der Waals surface area (Å²) in [6, 6.07) is 11.2. The number of nitrogens with zero attached hydrogens (tertiary/aromatic N) is 2. The number of aromatic nitrogens is 1. The van der Waals surface area contributed by atoms with E-state index in [1.807, 2.05) is 0 Å². The quantitative estimate of drug-likeness (QED) is 0.391. The Morgan fingerprint density at radius 3 is 2.48 bits per heavy atom. The van der Waals surface area contributed by atoms with Crippen molar-refractivity contribution in [3.05, 3.63) is 59.9 Å². The maximum atomic E-state index is 12.6. The monoisotopic (exact) mass is 473 g/mol. The number of nitrogens with one attached hydrogen (secondary N) is 1. The number of pyridine rings is 1. The Labute approximate surface area is 162 Å². The fraction of sp³-hybridized carbons (Fsp3) is 0.125. The molecular weight excluding hydrogens is 457 g/mol. The van der Waals surface area contributed by atoms with Crippen LogP contribution < -0.4 is 33.9 Å². The van der Waals surface area contributed by atoms with Gasteiger partial charge in [0, 0.05) is 18.7 Å². The molecule has 1 amide bonds. The van der Waals surface area contributed by atoms with E-state index in [-0.39, 0.29) is 45.9 Å². The average Bonchev–Trinajstić information content (AvgIpc) is 2.56. The lowest BCUT2D eigenvalue weighted by Crippen LogP contribution is -3.00. The number of halogens is 1. The number of likely N-dealkylation sites (N-methyl/N-ethyl adjacent to an activating group) is 1. The lowest BCUT2D eigenvalue weighted by Gasteiger charge is -2.27. The van der Waals surface area contributed by atoms with Gasteiger partial charge in [0.2, 0.25) is 0 Å². The molecule has 0 spiro atoms. The van der Waals surface area contributed by atoms with Gasteiger partial charge in [0.25, 0.3) is 15.8 Å². The number of carbonyl (C=O) groups is 1. The minimum atomic E-state index is -3.90. The second-order valence-electron chi connectivity index (χ2n) is 5.32. The third-order valence-electron chi connectivity index (χ3n) is 3.83. The van der Waals surface area contributed by atoms with Gasteiger partial charge in [-0.3, -0.25) is 4.31 Å². The van der Waals surface area contributed by atoms with Crippen LogP contribution in [0.2, 0.25) is 0 Å². The zero-order valence-corrected chi connectivity index (χ0v) is 16.4. The van der Waals surface area contributed by atoms with Crippen molar-refractivity contribution >= 4 is 27.5 Å². The highest BCUT2D eigenvalue weighted by molar-refractivity contribution is 7.89. The van der Waals surface area contributed by atoms with E-state index in [9.17, 15) is 18.3 Å². The summed E-state index contributed by atoms with van der Waals surface area (Å²) in [4.78, 5) is 12.6. The van der Waals surface area contributed by atoms with Gasteiger partial charge in [0.05, 0.1) is 18.1 Å². The molecule has 0 atom stereocenters. The lowest BCUT2D eigenvalue weighted by molar-refractivity contribution is -0.657. The van der Waals surface area contributed by atoms with Gasteiger partial charge in [-0.25, -0.2) is 23.1 Å². The molecule has 0 bridgehead atoms. The Morgan fingerprint density at radius 2 is 1.80 bits per heavy atom. The van der Waals surface area contributed by atoms with E-state index in [1.54, 1.807) is 48.1 Å². The fourth-order valence-corrected chi connectivity index (χ4v) is 3.91. The molecule has 1 aliphatic heterocycles. The lowest BCUT2D eigenvalue weighted by atomic mass is 10.1.